The molecule has 0 saturated carbocycles. The average molecular weight is 257 g/mol. The molecular formula is C12H17ClN2O2. The van der Waals surface area contributed by atoms with Gasteiger partial charge in [-0.1, -0.05) is 17.7 Å². The highest BCUT2D eigenvalue weighted by molar-refractivity contribution is 6.31. The number of hydrogen-bond donors (Lipinski definition) is 2. The normalized spacial score (nSPS) is 12.8. The molecule has 1 atom stereocenters. The Bertz CT molecular complexity index is 407. The third-order valence-electron chi connectivity index (χ3n) is 2.35. The van der Waals surface area contributed by atoms with Gasteiger partial charge in [0.05, 0.1) is 6.10 Å². The van der Waals surface area contributed by atoms with E-state index in [2.05, 4.69) is 0 Å². The minimum absolute atomic E-state index is 0.385. The van der Waals surface area contributed by atoms with Crippen molar-refractivity contribution in [3.05, 3.63) is 34.3 Å². The lowest BCUT2D eigenvalue weighted by Gasteiger charge is -2.19. The van der Waals surface area contributed by atoms with E-state index in [1.165, 1.54) is 0 Å². The minimum atomic E-state index is -0.490. The summed E-state index contributed by atoms with van der Waals surface area (Å²) in [4.78, 5) is 12.9. The zero-order valence-electron chi connectivity index (χ0n) is 9.98. The Morgan fingerprint density at radius 2 is 2.24 bits per heavy atom. The van der Waals surface area contributed by atoms with Crippen molar-refractivity contribution in [2.24, 2.45) is 5.73 Å². The molecule has 0 aliphatic heterocycles. The van der Waals surface area contributed by atoms with E-state index in [0.29, 0.717) is 23.7 Å². The zero-order chi connectivity index (χ0) is 13.0. The second kappa shape index (κ2) is 6.00. The van der Waals surface area contributed by atoms with Crippen molar-refractivity contribution in [3.8, 4) is 0 Å². The van der Waals surface area contributed by atoms with Crippen LogP contribution >= 0.6 is 11.6 Å². The number of amides is 1. The average Bonchev–Trinajstić information content (AvgIpc) is 2.19. The predicted molar refractivity (Wildman–Crippen MR) is 68.0 cm³/mol. The second-order valence-electron chi connectivity index (χ2n) is 4.22. The van der Waals surface area contributed by atoms with E-state index in [0.717, 1.165) is 5.56 Å². The van der Waals surface area contributed by atoms with E-state index in [9.17, 15) is 9.90 Å². The Morgan fingerprint density at radius 1 is 1.59 bits per heavy atom. The molecule has 0 heterocycles. The minimum Gasteiger partial charge on any atom is -0.392 e. The van der Waals surface area contributed by atoms with Crippen LogP contribution in [0.3, 0.4) is 0 Å². The van der Waals surface area contributed by atoms with Gasteiger partial charge in [0.25, 0.3) is 0 Å². The summed E-state index contributed by atoms with van der Waals surface area (Å²) in [5.41, 5.74) is 6.46. The molecule has 4 nitrogen and oxygen atoms in total. The van der Waals surface area contributed by atoms with Gasteiger partial charge in [-0.25, -0.2) is 0 Å². The molecule has 0 bridgehead atoms. The summed E-state index contributed by atoms with van der Waals surface area (Å²) >= 11 is 6.06. The lowest BCUT2D eigenvalue weighted by Crippen LogP contribution is -2.26. The topological polar surface area (TPSA) is 66.6 Å². The Labute approximate surface area is 106 Å². The molecule has 94 valence electrons. The first-order chi connectivity index (χ1) is 7.90. The molecule has 0 aromatic heterocycles. The summed E-state index contributed by atoms with van der Waals surface area (Å²) < 4.78 is 0. The molecule has 1 amide bonds. The van der Waals surface area contributed by atoms with Gasteiger partial charge in [0, 0.05) is 23.7 Å². The van der Waals surface area contributed by atoms with Crippen LogP contribution in [0.5, 0.6) is 0 Å². The van der Waals surface area contributed by atoms with Crippen molar-refractivity contribution in [1.82, 2.24) is 4.90 Å². The van der Waals surface area contributed by atoms with Crippen LogP contribution < -0.4 is 5.73 Å². The van der Waals surface area contributed by atoms with Gasteiger partial charge >= 0.3 is 0 Å². The van der Waals surface area contributed by atoms with Gasteiger partial charge in [-0.15, -0.1) is 0 Å². The fourth-order valence-electron chi connectivity index (χ4n) is 1.64. The Morgan fingerprint density at radius 3 is 2.71 bits per heavy atom. The number of primary amides is 1. The highest BCUT2D eigenvalue weighted by Crippen LogP contribution is 2.19. The van der Waals surface area contributed by atoms with Crippen LogP contribution in [0.1, 0.15) is 22.8 Å². The molecule has 0 radical (unpaired) electrons. The van der Waals surface area contributed by atoms with Crippen molar-refractivity contribution in [1.29, 1.82) is 0 Å². The summed E-state index contributed by atoms with van der Waals surface area (Å²) in [7, 11) is 1.89. The maximum atomic E-state index is 11.0. The summed E-state index contributed by atoms with van der Waals surface area (Å²) in [5, 5.41) is 9.76. The molecule has 0 aliphatic carbocycles. The number of carbonyl (C=O) groups excluding carboxylic acids is 1. The summed E-state index contributed by atoms with van der Waals surface area (Å²) in [6.45, 7) is 2.91. The first-order valence-corrected chi connectivity index (χ1v) is 5.72. The quantitative estimate of drug-likeness (QED) is 0.833. The molecule has 1 aromatic carbocycles. The number of hydrogen-bond acceptors (Lipinski definition) is 3. The number of benzene rings is 1. The first-order valence-electron chi connectivity index (χ1n) is 5.35. The highest BCUT2D eigenvalue weighted by atomic mass is 35.5. The summed E-state index contributed by atoms with van der Waals surface area (Å²) in [5.74, 6) is -0.490. The van der Waals surface area contributed by atoms with Crippen LogP contribution in [0.15, 0.2) is 18.2 Å². The van der Waals surface area contributed by atoms with Gasteiger partial charge < -0.3 is 10.8 Å². The molecule has 0 aliphatic rings. The predicted octanol–water partition coefficient (Wildman–Crippen LogP) is 1.25. The molecule has 5 heteroatoms. The standard InChI is InChI=1S/C12H17ClN2O2/c1-8(16)6-15(2)7-10-4-3-9(12(14)17)5-11(10)13/h3-5,8,16H,6-7H2,1-2H3,(H2,14,17). The van der Waals surface area contributed by atoms with Crippen LogP contribution in [0, 0.1) is 0 Å². The monoisotopic (exact) mass is 256 g/mol. The smallest absolute Gasteiger partial charge is 0.248 e. The van der Waals surface area contributed by atoms with Crippen LogP contribution in [0.4, 0.5) is 0 Å². The molecule has 1 aromatic rings. The van der Waals surface area contributed by atoms with Crippen LogP contribution in [-0.2, 0) is 6.54 Å². The van der Waals surface area contributed by atoms with Crippen molar-refractivity contribution >= 4 is 17.5 Å². The highest BCUT2D eigenvalue weighted by Gasteiger charge is 2.09. The molecule has 1 unspecified atom stereocenters. The summed E-state index contributed by atoms with van der Waals surface area (Å²) in [6, 6.07) is 5.00. The zero-order valence-corrected chi connectivity index (χ0v) is 10.7. The Kier molecular flexibility index (Phi) is 4.93. The van der Waals surface area contributed by atoms with Gasteiger partial charge in [0.15, 0.2) is 0 Å². The molecular weight excluding hydrogens is 240 g/mol. The maximum Gasteiger partial charge on any atom is 0.248 e. The van der Waals surface area contributed by atoms with Gasteiger partial charge in [-0.2, -0.15) is 0 Å². The Balaban J connectivity index is 2.75. The van der Waals surface area contributed by atoms with Gasteiger partial charge in [-0.05, 0) is 31.7 Å². The van der Waals surface area contributed by atoms with Crippen molar-refractivity contribution in [2.45, 2.75) is 19.6 Å². The number of carbonyl (C=O) groups is 1. The van der Waals surface area contributed by atoms with E-state index in [1.54, 1.807) is 25.1 Å². The van der Waals surface area contributed by atoms with Crippen LogP contribution in [0.2, 0.25) is 5.02 Å². The van der Waals surface area contributed by atoms with Gasteiger partial charge in [0.1, 0.15) is 0 Å². The molecule has 1 rings (SSSR count). The van der Waals surface area contributed by atoms with E-state index < -0.39 is 5.91 Å². The lowest BCUT2D eigenvalue weighted by atomic mass is 10.1. The number of rotatable bonds is 5. The number of nitrogens with two attached hydrogens (primary N) is 1. The largest absolute Gasteiger partial charge is 0.392 e. The maximum absolute atomic E-state index is 11.0. The number of halogens is 1. The second-order valence-corrected chi connectivity index (χ2v) is 4.62. The number of nitrogens with zero attached hydrogens (tertiary/aromatic N) is 1. The molecule has 0 fully saturated rings. The van der Waals surface area contributed by atoms with Crippen molar-refractivity contribution in [3.63, 3.8) is 0 Å². The molecule has 3 N–H and O–H groups in total. The Hall–Kier alpha value is -1.10. The van der Waals surface area contributed by atoms with Crippen molar-refractivity contribution in [2.75, 3.05) is 13.6 Å². The lowest BCUT2D eigenvalue weighted by molar-refractivity contribution is 0.100. The molecule has 17 heavy (non-hydrogen) atoms. The van der Waals surface area contributed by atoms with Gasteiger partial charge in [0.2, 0.25) is 5.91 Å². The van der Waals surface area contributed by atoms with E-state index in [4.69, 9.17) is 17.3 Å². The first kappa shape index (κ1) is 14.0. The van der Waals surface area contributed by atoms with Crippen LogP contribution in [0.25, 0.3) is 0 Å². The van der Waals surface area contributed by atoms with Crippen molar-refractivity contribution < 1.29 is 9.90 Å². The number of aliphatic hydroxyl groups is 1. The van der Waals surface area contributed by atoms with Crippen LogP contribution in [-0.4, -0.2) is 35.6 Å². The van der Waals surface area contributed by atoms with E-state index >= 15 is 0 Å². The fraction of sp³-hybridized carbons (Fsp3) is 0.417. The van der Waals surface area contributed by atoms with E-state index in [1.807, 2.05) is 11.9 Å². The van der Waals surface area contributed by atoms with Gasteiger partial charge in [-0.3, -0.25) is 9.69 Å². The fourth-order valence-corrected chi connectivity index (χ4v) is 1.88. The molecule has 0 saturated heterocycles. The SMILES string of the molecule is CC(O)CN(C)Cc1ccc(C(N)=O)cc1Cl. The third-order valence-corrected chi connectivity index (χ3v) is 2.71. The third kappa shape index (κ3) is 4.34. The molecule has 0 spiro atoms. The number of likely N-dealkylation sites (N-methyl/N-ethyl adjacent to an activating group) is 1. The van der Waals surface area contributed by atoms with E-state index in [-0.39, 0.29) is 6.10 Å². The summed E-state index contributed by atoms with van der Waals surface area (Å²) in [6.07, 6.45) is -0.385. The number of aliphatic hydroxyl groups excluding tert-OH is 1.